The number of benzene rings is 2. The number of aliphatic carboxylic acids is 1. The molecule has 24 heavy (non-hydrogen) atoms. The molecule has 1 heterocycles. The van der Waals surface area contributed by atoms with Crippen LogP contribution in [0.4, 0.5) is 5.69 Å². The van der Waals surface area contributed by atoms with E-state index in [1.165, 1.54) is 7.11 Å². The highest BCUT2D eigenvalue weighted by Gasteiger charge is 2.37. The molecule has 2 aromatic rings. The van der Waals surface area contributed by atoms with Gasteiger partial charge in [-0.05, 0) is 37.1 Å². The lowest BCUT2D eigenvalue weighted by molar-refractivity contribution is -0.139. The van der Waals surface area contributed by atoms with Crippen molar-refractivity contribution >= 4 is 17.6 Å². The number of carboxylic acid groups (broad SMARTS) is 1. The highest BCUT2D eigenvalue weighted by molar-refractivity contribution is 6.09. The van der Waals surface area contributed by atoms with Gasteiger partial charge >= 0.3 is 5.97 Å². The van der Waals surface area contributed by atoms with E-state index >= 15 is 0 Å². The van der Waals surface area contributed by atoms with E-state index in [1.807, 2.05) is 19.1 Å². The Kier molecular flexibility index (Phi) is 4.25. The fourth-order valence-corrected chi connectivity index (χ4v) is 3.31. The molecule has 1 N–H and O–H groups in total. The first-order valence-corrected chi connectivity index (χ1v) is 7.83. The summed E-state index contributed by atoms with van der Waals surface area (Å²) in [6.45, 7) is 1.87. The maximum Gasteiger partial charge on any atom is 0.311 e. The van der Waals surface area contributed by atoms with E-state index in [9.17, 15) is 14.7 Å². The van der Waals surface area contributed by atoms with E-state index in [-0.39, 0.29) is 11.9 Å². The number of amides is 1. The third-order valence-corrected chi connectivity index (χ3v) is 4.44. The average Bonchev–Trinajstić information content (AvgIpc) is 2.60. The first-order chi connectivity index (χ1) is 11.5. The molecule has 0 bridgehead atoms. The molecule has 5 heteroatoms. The van der Waals surface area contributed by atoms with Gasteiger partial charge < -0.3 is 14.7 Å². The van der Waals surface area contributed by atoms with Crippen LogP contribution in [0.1, 0.15) is 35.2 Å². The smallest absolute Gasteiger partial charge is 0.311 e. The standard InChI is InChI=1S/C19H19NO4/c1-12-11-15(19(22)23)13-7-3-5-9-16(13)20(12)18(21)14-8-4-6-10-17(14)24-2/h3-10,12,15H,11H2,1-2H3,(H,22,23). The Hall–Kier alpha value is -2.82. The fraction of sp³-hybridized carbons (Fsp3) is 0.263. The van der Waals surface area contributed by atoms with E-state index in [0.717, 1.165) is 0 Å². The molecule has 124 valence electrons. The number of methoxy groups -OCH3 is 1. The van der Waals surface area contributed by atoms with Crippen molar-refractivity contribution < 1.29 is 19.4 Å². The van der Waals surface area contributed by atoms with Gasteiger partial charge in [0, 0.05) is 11.7 Å². The minimum absolute atomic E-state index is 0.184. The van der Waals surface area contributed by atoms with Crippen LogP contribution < -0.4 is 9.64 Å². The maximum absolute atomic E-state index is 13.1. The van der Waals surface area contributed by atoms with Crippen LogP contribution in [0.5, 0.6) is 5.75 Å². The minimum Gasteiger partial charge on any atom is -0.496 e. The molecule has 1 aliphatic rings. The third-order valence-electron chi connectivity index (χ3n) is 4.44. The van der Waals surface area contributed by atoms with Gasteiger partial charge in [-0.15, -0.1) is 0 Å². The van der Waals surface area contributed by atoms with E-state index in [1.54, 1.807) is 41.3 Å². The van der Waals surface area contributed by atoms with Crippen LogP contribution >= 0.6 is 0 Å². The summed E-state index contributed by atoms with van der Waals surface area (Å²) in [7, 11) is 1.53. The van der Waals surface area contributed by atoms with E-state index < -0.39 is 11.9 Å². The molecule has 0 fully saturated rings. The Bertz CT molecular complexity index is 786. The summed E-state index contributed by atoms with van der Waals surface area (Å²) >= 11 is 0. The van der Waals surface area contributed by atoms with Crippen molar-refractivity contribution in [1.29, 1.82) is 0 Å². The van der Waals surface area contributed by atoms with E-state index in [4.69, 9.17) is 4.74 Å². The Balaban J connectivity index is 2.09. The zero-order valence-electron chi connectivity index (χ0n) is 13.6. The summed E-state index contributed by atoms with van der Waals surface area (Å²) < 4.78 is 5.30. The SMILES string of the molecule is COc1ccccc1C(=O)N1c2ccccc2C(C(=O)O)CC1C. The molecular weight excluding hydrogens is 306 g/mol. The van der Waals surface area contributed by atoms with Gasteiger partial charge in [-0.2, -0.15) is 0 Å². The van der Waals surface area contributed by atoms with Crippen LogP contribution in [0.25, 0.3) is 0 Å². The topological polar surface area (TPSA) is 66.8 Å². The Morgan fingerprint density at radius 2 is 1.79 bits per heavy atom. The molecule has 1 amide bonds. The summed E-state index contributed by atoms with van der Waals surface area (Å²) in [5.41, 5.74) is 1.79. The zero-order chi connectivity index (χ0) is 17.3. The molecule has 0 saturated heterocycles. The molecule has 3 rings (SSSR count). The molecule has 2 atom stereocenters. The van der Waals surface area contributed by atoms with Gasteiger partial charge in [0.1, 0.15) is 5.75 Å². The number of rotatable bonds is 3. The minimum atomic E-state index is -0.862. The quantitative estimate of drug-likeness (QED) is 0.940. The van der Waals surface area contributed by atoms with Crippen LogP contribution in [0, 0.1) is 0 Å². The monoisotopic (exact) mass is 325 g/mol. The summed E-state index contributed by atoms with van der Waals surface area (Å²) in [6, 6.07) is 14.0. The molecular formula is C19H19NO4. The lowest BCUT2D eigenvalue weighted by Gasteiger charge is -2.38. The number of anilines is 1. The zero-order valence-corrected chi connectivity index (χ0v) is 13.6. The van der Waals surface area contributed by atoms with Gasteiger partial charge in [0.2, 0.25) is 0 Å². The molecule has 0 aliphatic carbocycles. The normalized spacial score (nSPS) is 19.5. The summed E-state index contributed by atoms with van der Waals surface area (Å²) in [5, 5.41) is 9.50. The van der Waals surface area contributed by atoms with Crippen molar-refractivity contribution in [3.05, 3.63) is 59.7 Å². The highest BCUT2D eigenvalue weighted by Crippen LogP contribution is 2.39. The van der Waals surface area contributed by atoms with Crippen LogP contribution in [0.2, 0.25) is 0 Å². The Labute approximate surface area is 140 Å². The molecule has 2 unspecified atom stereocenters. The van der Waals surface area contributed by atoms with Crippen molar-refractivity contribution in [3.63, 3.8) is 0 Å². The van der Waals surface area contributed by atoms with Crippen molar-refractivity contribution in [2.45, 2.75) is 25.3 Å². The highest BCUT2D eigenvalue weighted by atomic mass is 16.5. The number of carboxylic acids is 1. The van der Waals surface area contributed by atoms with Crippen LogP contribution in [0.3, 0.4) is 0 Å². The predicted octanol–water partition coefficient (Wildman–Crippen LogP) is 3.30. The van der Waals surface area contributed by atoms with Crippen molar-refractivity contribution in [3.8, 4) is 5.75 Å². The molecule has 0 spiro atoms. The molecule has 1 aliphatic heterocycles. The summed E-state index contributed by atoms with van der Waals surface area (Å²) in [6.07, 6.45) is 0.382. The Morgan fingerprint density at radius 1 is 1.12 bits per heavy atom. The lowest BCUT2D eigenvalue weighted by atomic mass is 9.85. The number of carbonyl (C=O) groups is 2. The van der Waals surface area contributed by atoms with Gasteiger partial charge in [-0.1, -0.05) is 30.3 Å². The number of fused-ring (bicyclic) bond motifs is 1. The van der Waals surface area contributed by atoms with Crippen molar-refractivity contribution in [2.24, 2.45) is 0 Å². The van der Waals surface area contributed by atoms with E-state index in [2.05, 4.69) is 0 Å². The second-order valence-electron chi connectivity index (χ2n) is 5.91. The first kappa shape index (κ1) is 16.1. The number of hydrogen-bond donors (Lipinski definition) is 1. The van der Waals surface area contributed by atoms with Crippen molar-refractivity contribution in [1.82, 2.24) is 0 Å². The van der Waals surface area contributed by atoms with Gasteiger partial charge in [0.15, 0.2) is 0 Å². The van der Waals surface area contributed by atoms with E-state index in [0.29, 0.717) is 29.0 Å². The summed E-state index contributed by atoms with van der Waals surface area (Å²) in [5.74, 6) is -1.14. The van der Waals surface area contributed by atoms with Gasteiger partial charge in [-0.25, -0.2) is 0 Å². The number of nitrogens with zero attached hydrogens (tertiary/aromatic N) is 1. The molecule has 0 saturated carbocycles. The van der Waals surface area contributed by atoms with Crippen molar-refractivity contribution in [2.75, 3.05) is 12.0 Å². The number of carbonyl (C=O) groups excluding carboxylic acids is 1. The maximum atomic E-state index is 13.1. The number of hydrogen-bond acceptors (Lipinski definition) is 3. The van der Waals surface area contributed by atoms with Gasteiger partial charge in [-0.3, -0.25) is 9.59 Å². The van der Waals surface area contributed by atoms with Crippen LogP contribution in [-0.2, 0) is 4.79 Å². The van der Waals surface area contributed by atoms with Crippen LogP contribution in [-0.4, -0.2) is 30.1 Å². The summed E-state index contributed by atoms with van der Waals surface area (Å²) in [4.78, 5) is 26.4. The molecule has 2 aromatic carbocycles. The van der Waals surface area contributed by atoms with Crippen LogP contribution in [0.15, 0.2) is 48.5 Å². The first-order valence-electron chi connectivity index (χ1n) is 7.83. The largest absolute Gasteiger partial charge is 0.496 e. The molecule has 0 aromatic heterocycles. The van der Waals surface area contributed by atoms with Gasteiger partial charge in [0.25, 0.3) is 5.91 Å². The Morgan fingerprint density at radius 3 is 2.50 bits per heavy atom. The second-order valence-corrected chi connectivity index (χ2v) is 5.91. The average molecular weight is 325 g/mol. The molecule has 0 radical (unpaired) electrons. The fourth-order valence-electron chi connectivity index (χ4n) is 3.31. The lowest BCUT2D eigenvalue weighted by Crippen LogP contribution is -2.44. The number of para-hydroxylation sites is 2. The number of ether oxygens (including phenoxy) is 1. The van der Waals surface area contributed by atoms with Gasteiger partial charge in [0.05, 0.1) is 18.6 Å². The second kappa shape index (κ2) is 6.35. The third kappa shape index (κ3) is 2.62. The molecule has 5 nitrogen and oxygen atoms in total. The predicted molar refractivity (Wildman–Crippen MR) is 90.7 cm³/mol.